The summed E-state index contributed by atoms with van der Waals surface area (Å²) in [5, 5.41) is 2.04. The minimum atomic E-state index is 0.765. The van der Waals surface area contributed by atoms with Gasteiger partial charge in [-0.2, -0.15) is 0 Å². The molecule has 0 aliphatic heterocycles. The van der Waals surface area contributed by atoms with E-state index in [1.54, 1.807) is 17.5 Å². The molecule has 58 valence electrons. The van der Waals surface area contributed by atoms with Crippen LogP contribution in [0.25, 0.3) is 16.0 Å². The monoisotopic (exact) mass is 175 g/mol. The number of hydrogen-bond donors (Lipinski definition) is 0. The zero-order chi connectivity index (χ0) is 7.97. The second-order valence-electron chi connectivity index (χ2n) is 2.55. The Hall–Kier alpha value is -1.42. The Morgan fingerprint density at radius 1 is 1.42 bits per heavy atom. The molecule has 0 aliphatic rings. The summed E-state index contributed by atoms with van der Waals surface area (Å²) in [7, 11) is 0. The van der Waals surface area contributed by atoms with Crippen LogP contribution in [0, 0.1) is 0 Å². The van der Waals surface area contributed by atoms with Gasteiger partial charge in [0.05, 0.1) is 10.2 Å². The van der Waals surface area contributed by atoms with Crippen molar-refractivity contribution < 1.29 is 0 Å². The molecule has 3 rings (SSSR count). The third-order valence-corrected chi connectivity index (χ3v) is 2.64. The van der Waals surface area contributed by atoms with E-state index in [1.165, 1.54) is 4.70 Å². The fourth-order valence-electron chi connectivity index (χ4n) is 1.23. The van der Waals surface area contributed by atoms with E-state index in [0.717, 1.165) is 11.3 Å². The number of aromatic nitrogens is 3. The summed E-state index contributed by atoms with van der Waals surface area (Å²) in [6.45, 7) is 0. The van der Waals surface area contributed by atoms with Gasteiger partial charge < -0.3 is 0 Å². The normalized spacial score (nSPS) is 11.3. The van der Waals surface area contributed by atoms with Crippen LogP contribution in [-0.4, -0.2) is 14.4 Å². The van der Waals surface area contributed by atoms with E-state index in [9.17, 15) is 0 Å². The highest BCUT2D eigenvalue weighted by atomic mass is 32.1. The van der Waals surface area contributed by atoms with Crippen molar-refractivity contribution in [2.45, 2.75) is 0 Å². The van der Waals surface area contributed by atoms with Crippen LogP contribution in [0.1, 0.15) is 0 Å². The Morgan fingerprint density at radius 3 is 3.42 bits per heavy atom. The van der Waals surface area contributed by atoms with Gasteiger partial charge in [0.1, 0.15) is 0 Å². The lowest BCUT2D eigenvalue weighted by Gasteiger charge is -1.91. The quantitative estimate of drug-likeness (QED) is 0.522. The Morgan fingerprint density at radius 2 is 2.42 bits per heavy atom. The van der Waals surface area contributed by atoms with E-state index >= 15 is 0 Å². The second kappa shape index (κ2) is 2.04. The number of fused-ring (bicyclic) bond motifs is 2. The number of hydrogen-bond acceptors (Lipinski definition) is 3. The molecule has 0 aromatic carbocycles. The third-order valence-electron chi connectivity index (χ3n) is 1.80. The number of nitrogens with zero attached hydrogens (tertiary/aromatic N) is 3. The van der Waals surface area contributed by atoms with Gasteiger partial charge in [0, 0.05) is 18.6 Å². The van der Waals surface area contributed by atoms with Gasteiger partial charge in [-0.1, -0.05) is 0 Å². The largest absolute Gasteiger partial charge is 0.290 e. The molecule has 12 heavy (non-hydrogen) atoms. The molecule has 0 radical (unpaired) electrons. The molecule has 0 bridgehead atoms. The standard InChI is InChI=1S/C8H5N3S/c1-4-12-7-5-11-3-2-9-8(11)10-6(1)7/h1-5H. The highest BCUT2D eigenvalue weighted by Gasteiger charge is 1.99. The molecule has 3 heterocycles. The lowest BCUT2D eigenvalue weighted by molar-refractivity contribution is 1.15. The molecule has 4 heteroatoms. The minimum Gasteiger partial charge on any atom is -0.290 e. The van der Waals surface area contributed by atoms with Crippen molar-refractivity contribution in [1.82, 2.24) is 14.4 Å². The van der Waals surface area contributed by atoms with Gasteiger partial charge in [-0.3, -0.25) is 4.40 Å². The van der Waals surface area contributed by atoms with E-state index in [1.807, 2.05) is 22.0 Å². The molecule has 0 amide bonds. The maximum Gasteiger partial charge on any atom is 0.234 e. The third kappa shape index (κ3) is 0.698. The maximum absolute atomic E-state index is 4.36. The summed E-state index contributed by atoms with van der Waals surface area (Å²) in [5.41, 5.74) is 1.03. The van der Waals surface area contributed by atoms with Gasteiger partial charge in [0.2, 0.25) is 5.78 Å². The van der Waals surface area contributed by atoms with Crippen LogP contribution in [0.4, 0.5) is 0 Å². The number of thiophene rings is 1. The van der Waals surface area contributed by atoms with Crippen molar-refractivity contribution in [3.63, 3.8) is 0 Å². The lowest BCUT2D eigenvalue weighted by Crippen LogP contribution is -1.85. The van der Waals surface area contributed by atoms with Crippen LogP contribution in [0.2, 0.25) is 0 Å². The van der Waals surface area contributed by atoms with E-state index in [2.05, 4.69) is 16.2 Å². The van der Waals surface area contributed by atoms with Crippen molar-refractivity contribution in [1.29, 1.82) is 0 Å². The Bertz CT molecular complexity index is 446. The summed E-state index contributed by atoms with van der Waals surface area (Å²) >= 11 is 1.69. The molecular weight excluding hydrogens is 170 g/mol. The summed E-state index contributed by atoms with van der Waals surface area (Å²) in [6.07, 6.45) is 5.71. The summed E-state index contributed by atoms with van der Waals surface area (Å²) < 4.78 is 3.12. The average molecular weight is 175 g/mol. The summed E-state index contributed by atoms with van der Waals surface area (Å²) in [6, 6.07) is 2.01. The molecule has 0 unspecified atom stereocenters. The topological polar surface area (TPSA) is 30.2 Å². The SMILES string of the molecule is c1cn2cc3sccc3nc2n1. The van der Waals surface area contributed by atoms with Gasteiger partial charge >= 0.3 is 0 Å². The van der Waals surface area contributed by atoms with E-state index < -0.39 is 0 Å². The maximum atomic E-state index is 4.36. The van der Waals surface area contributed by atoms with E-state index in [-0.39, 0.29) is 0 Å². The first kappa shape index (κ1) is 6.14. The first-order valence-corrected chi connectivity index (χ1v) is 4.48. The molecule has 0 spiro atoms. The Kier molecular flexibility index (Phi) is 1.04. The Labute approximate surface area is 72.3 Å². The van der Waals surface area contributed by atoms with Gasteiger partial charge in [-0.05, 0) is 11.4 Å². The molecule has 0 N–H and O–H groups in total. The van der Waals surface area contributed by atoms with E-state index in [0.29, 0.717) is 0 Å². The zero-order valence-electron chi connectivity index (χ0n) is 6.14. The molecule has 3 aromatic heterocycles. The molecule has 0 fully saturated rings. The molecule has 0 saturated carbocycles. The first-order valence-electron chi connectivity index (χ1n) is 3.60. The molecular formula is C8H5N3S. The minimum absolute atomic E-state index is 0.765. The summed E-state index contributed by atoms with van der Waals surface area (Å²) in [5.74, 6) is 0.765. The van der Waals surface area contributed by atoms with Crippen LogP contribution in [-0.2, 0) is 0 Å². The molecule has 3 aromatic rings. The van der Waals surface area contributed by atoms with Crippen molar-refractivity contribution in [2.24, 2.45) is 0 Å². The molecule has 3 nitrogen and oxygen atoms in total. The van der Waals surface area contributed by atoms with Crippen LogP contribution in [0.15, 0.2) is 30.0 Å². The average Bonchev–Trinajstić information content (AvgIpc) is 2.64. The fourth-order valence-corrected chi connectivity index (χ4v) is 1.98. The highest BCUT2D eigenvalue weighted by Crippen LogP contribution is 2.18. The van der Waals surface area contributed by atoms with Crippen LogP contribution >= 0.6 is 11.3 Å². The molecule has 0 saturated heterocycles. The number of imidazole rings is 1. The van der Waals surface area contributed by atoms with Crippen LogP contribution in [0.3, 0.4) is 0 Å². The smallest absolute Gasteiger partial charge is 0.234 e. The fraction of sp³-hybridized carbons (Fsp3) is 0. The highest BCUT2D eigenvalue weighted by molar-refractivity contribution is 7.17. The van der Waals surface area contributed by atoms with Gasteiger partial charge in [0.15, 0.2) is 0 Å². The zero-order valence-corrected chi connectivity index (χ0v) is 6.95. The van der Waals surface area contributed by atoms with Crippen molar-refractivity contribution in [3.05, 3.63) is 30.0 Å². The van der Waals surface area contributed by atoms with E-state index in [4.69, 9.17) is 0 Å². The number of rotatable bonds is 0. The van der Waals surface area contributed by atoms with Gasteiger partial charge in [-0.15, -0.1) is 11.3 Å². The van der Waals surface area contributed by atoms with Crippen LogP contribution < -0.4 is 0 Å². The van der Waals surface area contributed by atoms with Crippen LogP contribution in [0.5, 0.6) is 0 Å². The van der Waals surface area contributed by atoms with Gasteiger partial charge in [0.25, 0.3) is 0 Å². The predicted molar refractivity (Wildman–Crippen MR) is 48.4 cm³/mol. The van der Waals surface area contributed by atoms with Crippen molar-refractivity contribution >= 4 is 27.3 Å². The Balaban J connectivity index is 2.62. The van der Waals surface area contributed by atoms with Gasteiger partial charge in [-0.25, -0.2) is 9.97 Å². The predicted octanol–water partition coefficient (Wildman–Crippen LogP) is 1.94. The summed E-state index contributed by atoms with van der Waals surface area (Å²) in [4.78, 5) is 8.46. The van der Waals surface area contributed by atoms with Crippen molar-refractivity contribution in [2.75, 3.05) is 0 Å². The van der Waals surface area contributed by atoms with Crippen molar-refractivity contribution in [3.8, 4) is 0 Å². The lowest BCUT2D eigenvalue weighted by atomic mass is 10.5. The molecule has 0 aliphatic carbocycles. The molecule has 0 atom stereocenters. The second-order valence-corrected chi connectivity index (χ2v) is 3.49. The first-order chi connectivity index (χ1) is 5.93.